The molecule has 1 heterocycles. The fraction of sp³-hybridized carbons (Fsp3) is 0.500. The number of carboxylic acid groups (broad SMARTS) is 1. The van der Waals surface area contributed by atoms with Gasteiger partial charge in [0.15, 0.2) is 0 Å². The van der Waals surface area contributed by atoms with Crippen molar-refractivity contribution in [1.29, 1.82) is 5.26 Å². The van der Waals surface area contributed by atoms with E-state index >= 15 is 0 Å². The molecule has 1 unspecified atom stereocenters. The number of urea groups is 1. The molecule has 3 N–H and O–H groups in total. The van der Waals surface area contributed by atoms with E-state index in [0.29, 0.717) is 5.69 Å². The number of aromatic amines is 1. The first-order chi connectivity index (χ1) is 9.45. The number of nitrogens with zero attached hydrogens (tertiary/aromatic N) is 3. The summed E-state index contributed by atoms with van der Waals surface area (Å²) in [5, 5.41) is 20.1. The third-order valence-electron chi connectivity index (χ3n) is 2.94. The lowest BCUT2D eigenvalue weighted by Gasteiger charge is -2.25. The number of hydrogen-bond acceptors (Lipinski definition) is 4. The van der Waals surface area contributed by atoms with Gasteiger partial charge in [-0.3, -0.25) is 0 Å². The molecule has 108 valence electrons. The Morgan fingerprint density at radius 2 is 2.35 bits per heavy atom. The Balaban J connectivity index is 2.64. The Morgan fingerprint density at radius 1 is 1.65 bits per heavy atom. The van der Waals surface area contributed by atoms with Crippen LogP contribution in [-0.2, 0) is 11.2 Å². The summed E-state index contributed by atoms with van der Waals surface area (Å²) >= 11 is 0. The molecule has 8 nitrogen and oxygen atoms in total. The van der Waals surface area contributed by atoms with Crippen molar-refractivity contribution in [2.75, 3.05) is 7.05 Å². The molecule has 0 radical (unpaired) electrons. The number of amides is 2. The fourth-order valence-corrected chi connectivity index (χ4v) is 1.54. The van der Waals surface area contributed by atoms with E-state index in [-0.39, 0.29) is 18.9 Å². The highest BCUT2D eigenvalue weighted by Crippen LogP contribution is 2.03. The van der Waals surface area contributed by atoms with Crippen molar-refractivity contribution in [3.05, 3.63) is 18.2 Å². The Bertz CT molecular complexity index is 494. The van der Waals surface area contributed by atoms with E-state index in [4.69, 9.17) is 10.4 Å². The number of carbonyl (C=O) groups is 2. The largest absolute Gasteiger partial charge is 0.480 e. The minimum absolute atomic E-state index is 0.113. The number of nitriles is 1. The van der Waals surface area contributed by atoms with Crippen LogP contribution in [0.4, 0.5) is 4.79 Å². The Morgan fingerprint density at radius 3 is 2.85 bits per heavy atom. The van der Waals surface area contributed by atoms with Gasteiger partial charge in [-0.05, 0) is 6.92 Å². The molecule has 1 aromatic heterocycles. The van der Waals surface area contributed by atoms with Crippen LogP contribution in [0.5, 0.6) is 0 Å². The van der Waals surface area contributed by atoms with E-state index in [2.05, 4.69) is 15.3 Å². The van der Waals surface area contributed by atoms with Gasteiger partial charge < -0.3 is 20.3 Å². The summed E-state index contributed by atoms with van der Waals surface area (Å²) in [6.45, 7) is 1.72. The van der Waals surface area contributed by atoms with Gasteiger partial charge >= 0.3 is 12.0 Å². The van der Waals surface area contributed by atoms with Crippen molar-refractivity contribution in [2.45, 2.75) is 31.8 Å². The molecule has 1 rings (SSSR count). The van der Waals surface area contributed by atoms with Gasteiger partial charge in [0.1, 0.15) is 6.04 Å². The zero-order valence-electron chi connectivity index (χ0n) is 11.3. The van der Waals surface area contributed by atoms with Crippen LogP contribution in [0.3, 0.4) is 0 Å². The molecule has 0 bridgehead atoms. The second-order valence-corrected chi connectivity index (χ2v) is 4.44. The molecule has 0 saturated heterocycles. The Kier molecular flexibility index (Phi) is 5.53. The van der Waals surface area contributed by atoms with Gasteiger partial charge in [-0.25, -0.2) is 14.6 Å². The minimum atomic E-state index is -1.13. The van der Waals surface area contributed by atoms with Crippen molar-refractivity contribution in [3.8, 4) is 6.07 Å². The van der Waals surface area contributed by atoms with Crippen LogP contribution in [0.15, 0.2) is 12.5 Å². The first-order valence-electron chi connectivity index (χ1n) is 6.06. The maximum atomic E-state index is 11.9. The third kappa shape index (κ3) is 4.28. The molecule has 0 aliphatic heterocycles. The molecule has 0 fully saturated rings. The van der Waals surface area contributed by atoms with Crippen LogP contribution in [0.2, 0.25) is 0 Å². The second kappa shape index (κ2) is 7.13. The van der Waals surface area contributed by atoms with Gasteiger partial charge in [-0.2, -0.15) is 5.26 Å². The molecule has 0 saturated carbocycles. The number of aromatic nitrogens is 2. The summed E-state index contributed by atoms with van der Waals surface area (Å²) in [6, 6.07) is 0.0903. The molecule has 0 aliphatic rings. The average Bonchev–Trinajstić information content (AvgIpc) is 2.90. The van der Waals surface area contributed by atoms with Crippen LogP contribution >= 0.6 is 0 Å². The molecule has 0 spiro atoms. The minimum Gasteiger partial charge on any atom is -0.480 e. The van der Waals surface area contributed by atoms with Crippen molar-refractivity contribution >= 4 is 12.0 Å². The highest BCUT2D eigenvalue weighted by Gasteiger charge is 2.24. The smallest absolute Gasteiger partial charge is 0.326 e. The SMILES string of the molecule is CC(CC#N)N(C)C(=O)N[C@H](Cc1cnc[nH]1)C(=O)O. The summed E-state index contributed by atoms with van der Waals surface area (Å²) in [4.78, 5) is 31.0. The number of rotatable bonds is 6. The van der Waals surface area contributed by atoms with Crippen LogP contribution in [0.25, 0.3) is 0 Å². The molecule has 2 amide bonds. The first kappa shape index (κ1) is 15.5. The highest BCUT2D eigenvalue weighted by atomic mass is 16.4. The quantitative estimate of drug-likeness (QED) is 0.693. The molecular weight excluding hydrogens is 262 g/mol. The zero-order valence-corrected chi connectivity index (χ0v) is 11.3. The lowest BCUT2D eigenvalue weighted by atomic mass is 10.1. The molecule has 20 heavy (non-hydrogen) atoms. The number of hydrogen-bond donors (Lipinski definition) is 3. The van der Waals surface area contributed by atoms with E-state index in [0.717, 1.165) is 0 Å². The van der Waals surface area contributed by atoms with Gasteiger partial charge in [0.05, 0.1) is 18.8 Å². The van der Waals surface area contributed by atoms with Gasteiger partial charge in [-0.1, -0.05) is 0 Å². The number of imidazole rings is 1. The van der Waals surface area contributed by atoms with Crippen LogP contribution in [0.1, 0.15) is 19.0 Å². The predicted octanol–water partition coefficient (Wildman–Crippen LogP) is 0.349. The standard InChI is InChI=1S/C12H17N5O3/c1-8(3-4-13)17(2)12(20)16-10(11(18)19)5-9-6-14-7-15-9/h6-8,10H,3,5H2,1-2H3,(H,14,15)(H,16,20)(H,18,19)/t8?,10-/m1/s1. The summed E-state index contributed by atoms with van der Waals surface area (Å²) in [7, 11) is 1.52. The van der Waals surface area contributed by atoms with Crippen LogP contribution in [0, 0.1) is 11.3 Å². The van der Waals surface area contributed by atoms with Crippen molar-refractivity contribution < 1.29 is 14.7 Å². The molecule has 8 heteroatoms. The van der Waals surface area contributed by atoms with E-state index < -0.39 is 18.0 Å². The monoisotopic (exact) mass is 279 g/mol. The molecule has 0 aliphatic carbocycles. The van der Waals surface area contributed by atoms with Crippen LogP contribution in [-0.4, -0.2) is 51.1 Å². The molecule has 1 aromatic rings. The zero-order chi connectivity index (χ0) is 15.1. The topological polar surface area (TPSA) is 122 Å². The fourth-order valence-electron chi connectivity index (χ4n) is 1.54. The van der Waals surface area contributed by atoms with E-state index in [1.54, 1.807) is 6.92 Å². The summed E-state index contributed by atoms with van der Waals surface area (Å²) in [5.74, 6) is -1.13. The lowest BCUT2D eigenvalue weighted by Crippen LogP contribution is -2.50. The molecule has 2 atom stereocenters. The maximum absolute atomic E-state index is 11.9. The van der Waals surface area contributed by atoms with E-state index in [1.807, 2.05) is 6.07 Å². The number of nitrogens with one attached hydrogen (secondary N) is 2. The van der Waals surface area contributed by atoms with Crippen molar-refractivity contribution in [2.24, 2.45) is 0 Å². The second-order valence-electron chi connectivity index (χ2n) is 4.44. The highest BCUT2D eigenvalue weighted by molar-refractivity contribution is 5.82. The van der Waals surface area contributed by atoms with Gasteiger partial charge in [0.25, 0.3) is 0 Å². The number of H-pyrrole nitrogens is 1. The normalized spacial score (nSPS) is 13.1. The summed E-state index contributed by atoms with van der Waals surface area (Å²) < 4.78 is 0. The number of carboxylic acids is 1. The lowest BCUT2D eigenvalue weighted by molar-refractivity contribution is -0.139. The van der Waals surface area contributed by atoms with Gasteiger partial charge in [0.2, 0.25) is 0 Å². The number of carbonyl (C=O) groups excluding carboxylic acids is 1. The number of aliphatic carboxylic acids is 1. The molecule has 0 aromatic carbocycles. The maximum Gasteiger partial charge on any atom is 0.326 e. The van der Waals surface area contributed by atoms with E-state index in [1.165, 1.54) is 24.5 Å². The van der Waals surface area contributed by atoms with Gasteiger partial charge in [0, 0.05) is 31.4 Å². The van der Waals surface area contributed by atoms with E-state index in [9.17, 15) is 9.59 Å². The first-order valence-corrected chi connectivity index (χ1v) is 6.06. The van der Waals surface area contributed by atoms with Crippen molar-refractivity contribution in [1.82, 2.24) is 20.2 Å². The molecular formula is C12H17N5O3. The van der Waals surface area contributed by atoms with Gasteiger partial charge in [-0.15, -0.1) is 0 Å². The average molecular weight is 279 g/mol. The Labute approximate surface area is 116 Å². The van der Waals surface area contributed by atoms with Crippen LogP contribution < -0.4 is 5.32 Å². The van der Waals surface area contributed by atoms with Crippen molar-refractivity contribution in [3.63, 3.8) is 0 Å². The summed E-state index contributed by atoms with van der Waals surface area (Å²) in [6.07, 6.45) is 3.24. The Hall–Kier alpha value is -2.56. The summed E-state index contributed by atoms with van der Waals surface area (Å²) in [5.41, 5.74) is 0.616. The predicted molar refractivity (Wildman–Crippen MR) is 69.7 cm³/mol. The third-order valence-corrected chi connectivity index (χ3v) is 2.94.